The second-order valence-corrected chi connectivity index (χ2v) is 3.22. The first-order valence-electron chi connectivity index (χ1n) is 4.66. The summed E-state index contributed by atoms with van der Waals surface area (Å²) in [6, 6.07) is 0. The SMILES string of the molecule is CC(=O)O/C1=C/CCCCCC1. The zero-order valence-corrected chi connectivity index (χ0v) is 7.64. The third-order valence-corrected chi connectivity index (χ3v) is 2.02. The fourth-order valence-corrected chi connectivity index (χ4v) is 1.44. The maximum absolute atomic E-state index is 10.6. The predicted octanol–water partition coefficient (Wildman–Crippen LogP) is 2.79. The van der Waals surface area contributed by atoms with Crippen LogP contribution in [0.1, 0.15) is 45.4 Å². The standard InChI is InChI=1S/C10H16O2/c1-9(11)12-10-7-5-3-2-4-6-8-10/h7H,2-6,8H2,1H3/b10-7+. The Morgan fingerprint density at radius 3 is 2.83 bits per heavy atom. The first kappa shape index (κ1) is 9.30. The van der Waals surface area contributed by atoms with Gasteiger partial charge in [-0.25, -0.2) is 0 Å². The molecule has 0 radical (unpaired) electrons. The summed E-state index contributed by atoms with van der Waals surface area (Å²) in [7, 11) is 0. The van der Waals surface area contributed by atoms with E-state index in [1.165, 1.54) is 26.2 Å². The minimum atomic E-state index is -0.193. The average Bonchev–Trinajstić information content (AvgIpc) is 1.93. The molecule has 68 valence electrons. The highest BCUT2D eigenvalue weighted by atomic mass is 16.5. The van der Waals surface area contributed by atoms with E-state index in [0.717, 1.165) is 25.0 Å². The molecule has 0 aromatic heterocycles. The van der Waals surface area contributed by atoms with Gasteiger partial charge < -0.3 is 4.74 Å². The molecule has 1 aliphatic rings. The van der Waals surface area contributed by atoms with Crippen molar-refractivity contribution in [2.24, 2.45) is 0 Å². The smallest absolute Gasteiger partial charge is 0.307 e. The zero-order valence-electron chi connectivity index (χ0n) is 7.64. The quantitative estimate of drug-likeness (QED) is 0.563. The molecule has 0 fully saturated rings. The van der Waals surface area contributed by atoms with Gasteiger partial charge in [-0.1, -0.05) is 12.8 Å². The highest BCUT2D eigenvalue weighted by Gasteiger charge is 2.04. The molecule has 0 saturated heterocycles. The predicted molar refractivity (Wildman–Crippen MR) is 47.6 cm³/mol. The lowest BCUT2D eigenvalue weighted by Gasteiger charge is -2.09. The van der Waals surface area contributed by atoms with Crippen molar-refractivity contribution in [3.8, 4) is 0 Å². The Bertz CT molecular complexity index is 182. The van der Waals surface area contributed by atoms with Crippen molar-refractivity contribution in [2.75, 3.05) is 0 Å². The molecule has 0 bridgehead atoms. The van der Waals surface area contributed by atoms with Crippen LogP contribution >= 0.6 is 0 Å². The Morgan fingerprint density at radius 2 is 2.08 bits per heavy atom. The number of carbonyl (C=O) groups excluding carboxylic acids is 1. The molecule has 0 saturated carbocycles. The van der Waals surface area contributed by atoms with Crippen LogP contribution in [0.2, 0.25) is 0 Å². The molecule has 2 nitrogen and oxygen atoms in total. The second-order valence-electron chi connectivity index (χ2n) is 3.22. The molecular formula is C10H16O2. The van der Waals surface area contributed by atoms with E-state index in [0.29, 0.717) is 0 Å². The van der Waals surface area contributed by atoms with Crippen LogP contribution < -0.4 is 0 Å². The van der Waals surface area contributed by atoms with Crippen LogP contribution in [0, 0.1) is 0 Å². The zero-order chi connectivity index (χ0) is 8.81. The number of allylic oxidation sites excluding steroid dienone is 2. The normalized spacial score (nSPS) is 23.2. The molecule has 2 heteroatoms. The minimum Gasteiger partial charge on any atom is -0.432 e. The summed E-state index contributed by atoms with van der Waals surface area (Å²) in [5.41, 5.74) is 0. The van der Waals surface area contributed by atoms with Crippen LogP contribution in [-0.4, -0.2) is 5.97 Å². The Morgan fingerprint density at radius 1 is 1.33 bits per heavy atom. The van der Waals surface area contributed by atoms with E-state index in [-0.39, 0.29) is 5.97 Å². The number of rotatable bonds is 1. The Balaban J connectivity index is 2.41. The monoisotopic (exact) mass is 168 g/mol. The molecule has 0 aliphatic heterocycles. The molecule has 12 heavy (non-hydrogen) atoms. The van der Waals surface area contributed by atoms with Gasteiger partial charge in [0, 0.05) is 13.3 Å². The molecule has 0 heterocycles. The van der Waals surface area contributed by atoms with Crippen molar-refractivity contribution >= 4 is 5.97 Å². The van der Waals surface area contributed by atoms with Gasteiger partial charge in [0.1, 0.15) is 5.76 Å². The van der Waals surface area contributed by atoms with Gasteiger partial charge in [0.2, 0.25) is 0 Å². The Hall–Kier alpha value is -0.790. The van der Waals surface area contributed by atoms with Crippen molar-refractivity contribution in [3.63, 3.8) is 0 Å². The van der Waals surface area contributed by atoms with Crippen molar-refractivity contribution < 1.29 is 9.53 Å². The van der Waals surface area contributed by atoms with E-state index in [1.807, 2.05) is 0 Å². The van der Waals surface area contributed by atoms with Gasteiger partial charge in [-0.15, -0.1) is 0 Å². The van der Waals surface area contributed by atoms with Crippen LogP contribution in [0.15, 0.2) is 11.8 Å². The van der Waals surface area contributed by atoms with E-state index < -0.39 is 0 Å². The first-order chi connectivity index (χ1) is 5.79. The van der Waals surface area contributed by atoms with E-state index in [9.17, 15) is 4.79 Å². The van der Waals surface area contributed by atoms with Gasteiger partial charge in [0.25, 0.3) is 0 Å². The summed E-state index contributed by atoms with van der Waals surface area (Å²) in [5.74, 6) is 0.684. The highest BCUT2D eigenvalue weighted by Crippen LogP contribution is 2.17. The van der Waals surface area contributed by atoms with E-state index in [4.69, 9.17) is 4.74 Å². The maximum atomic E-state index is 10.6. The summed E-state index contributed by atoms with van der Waals surface area (Å²) in [6.07, 6.45) is 9.00. The molecule has 0 aromatic rings. The second kappa shape index (κ2) is 4.96. The molecule has 1 rings (SSSR count). The summed E-state index contributed by atoms with van der Waals surface area (Å²) in [4.78, 5) is 10.6. The van der Waals surface area contributed by atoms with Crippen LogP contribution in [0.5, 0.6) is 0 Å². The van der Waals surface area contributed by atoms with E-state index in [2.05, 4.69) is 6.08 Å². The van der Waals surface area contributed by atoms with Crippen LogP contribution in [0.3, 0.4) is 0 Å². The van der Waals surface area contributed by atoms with Gasteiger partial charge >= 0.3 is 5.97 Å². The Kier molecular flexibility index (Phi) is 3.85. The number of hydrogen-bond acceptors (Lipinski definition) is 2. The fourth-order valence-electron chi connectivity index (χ4n) is 1.44. The summed E-state index contributed by atoms with van der Waals surface area (Å²) < 4.78 is 5.05. The highest BCUT2D eigenvalue weighted by molar-refractivity contribution is 5.67. The lowest BCUT2D eigenvalue weighted by atomic mass is 10.1. The molecule has 0 atom stereocenters. The molecule has 0 N–H and O–H groups in total. The number of carbonyl (C=O) groups is 1. The minimum absolute atomic E-state index is 0.193. The summed E-state index contributed by atoms with van der Waals surface area (Å²) in [6.45, 7) is 1.46. The van der Waals surface area contributed by atoms with Crippen LogP contribution in [0.25, 0.3) is 0 Å². The molecule has 1 aliphatic carbocycles. The van der Waals surface area contributed by atoms with E-state index in [1.54, 1.807) is 0 Å². The third kappa shape index (κ3) is 3.56. The van der Waals surface area contributed by atoms with Crippen molar-refractivity contribution in [3.05, 3.63) is 11.8 Å². The number of ether oxygens (including phenoxy) is 1. The maximum Gasteiger partial charge on any atom is 0.307 e. The number of esters is 1. The summed E-state index contributed by atoms with van der Waals surface area (Å²) in [5, 5.41) is 0. The van der Waals surface area contributed by atoms with Gasteiger partial charge in [-0.3, -0.25) is 4.79 Å². The molecule has 0 amide bonds. The first-order valence-corrected chi connectivity index (χ1v) is 4.66. The molecule has 0 aromatic carbocycles. The van der Waals surface area contributed by atoms with Crippen molar-refractivity contribution in [2.45, 2.75) is 45.4 Å². The van der Waals surface area contributed by atoms with Crippen LogP contribution in [0.4, 0.5) is 0 Å². The largest absolute Gasteiger partial charge is 0.432 e. The average molecular weight is 168 g/mol. The van der Waals surface area contributed by atoms with Crippen LogP contribution in [-0.2, 0) is 9.53 Å². The molecule has 0 unspecified atom stereocenters. The topological polar surface area (TPSA) is 26.3 Å². The van der Waals surface area contributed by atoms with Gasteiger partial charge in [-0.05, 0) is 25.3 Å². The third-order valence-electron chi connectivity index (χ3n) is 2.02. The lowest BCUT2D eigenvalue weighted by molar-refractivity contribution is -0.137. The van der Waals surface area contributed by atoms with Gasteiger partial charge in [-0.2, -0.15) is 0 Å². The lowest BCUT2D eigenvalue weighted by Crippen LogP contribution is -2.00. The van der Waals surface area contributed by atoms with Crippen molar-refractivity contribution in [1.82, 2.24) is 0 Å². The molecule has 0 spiro atoms. The van der Waals surface area contributed by atoms with Crippen molar-refractivity contribution in [1.29, 1.82) is 0 Å². The molecular weight excluding hydrogens is 152 g/mol. The van der Waals surface area contributed by atoms with Gasteiger partial charge in [0.05, 0.1) is 0 Å². The van der Waals surface area contributed by atoms with E-state index >= 15 is 0 Å². The summed E-state index contributed by atoms with van der Waals surface area (Å²) >= 11 is 0. The number of hydrogen-bond donors (Lipinski definition) is 0. The van der Waals surface area contributed by atoms with Gasteiger partial charge in [0.15, 0.2) is 0 Å². The Labute approximate surface area is 73.6 Å². The fraction of sp³-hybridized carbons (Fsp3) is 0.700.